The van der Waals surface area contributed by atoms with Gasteiger partial charge >= 0.3 is 0 Å². The van der Waals surface area contributed by atoms with Gasteiger partial charge in [-0.05, 0) is 18.2 Å². The monoisotopic (exact) mass is 411 g/mol. The number of halogens is 2. The van der Waals surface area contributed by atoms with Crippen molar-refractivity contribution in [2.24, 2.45) is 0 Å². The zero-order valence-corrected chi connectivity index (χ0v) is 15.7. The lowest BCUT2D eigenvalue weighted by Crippen LogP contribution is -2.15. The first-order valence-corrected chi connectivity index (χ1v) is 10.7. The van der Waals surface area contributed by atoms with Crippen molar-refractivity contribution in [3.8, 4) is 0 Å². The number of para-hydroxylation sites is 2. The van der Waals surface area contributed by atoms with Crippen LogP contribution in [0.4, 0.5) is 14.5 Å². The molecule has 3 aromatic rings. The lowest BCUT2D eigenvalue weighted by atomic mass is 10.1. The van der Waals surface area contributed by atoms with Crippen molar-refractivity contribution in [1.82, 2.24) is 0 Å². The van der Waals surface area contributed by atoms with Gasteiger partial charge in [-0.25, -0.2) is 8.42 Å². The van der Waals surface area contributed by atoms with Gasteiger partial charge < -0.3 is 9.73 Å². The number of hydrogen-bond donors (Lipinski definition) is 1. The fourth-order valence-electron chi connectivity index (χ4n) is 2.64. The molecule has 0 saturated carbocycles. The third-order valence-corrected chi connectivity index (χ3v) is 5.26. The van der Waals surface area contributed by atoms with Crippen molar-refractivity contribution in [3.63, 3.8) is 0 Å². The summed E-state index contributed by atoms with van der Waals surface area (Å²) in [5.74, 6) is -3.87. The molecule has 0 saturated heterocycles. The van der Waals surface area contributed by atoms with Crippen LogP contribution in [0.1, 0.15) is 16.1 Å². The lowest BCUT2D eigenvalue weighted by molar-refractivity contribution is 0.0997. The van der Waals surface area contributed by atoms with E-state index in [1.54, 1.807) is 36.4 Å². The van der Waals surface area contributed by atoms with E-state index < -0.39 is 21.5 Å². The number of furan rings is 1. The van der Waals surface area contributed by atoms with E-state index in [-0.39, 0.29) is 27.7 Å². The van der Waals surface area contributed by atoms with Crippen LogP contribution in [0.25, 0.3) is 11.0 Å². The molecule has 0 fully saturated rings. The maximum Gasteiger partial charge on any atom is 0.291 e. The van der Waals surface area contributed by atoms with E-state index >= 15 is 0 Å². The number of thioether (sulfide) groups is 1. The van der Waals surface area contributed by atoms with E-state index in [4.69, 9.17) is 4.42 Å². The second-order valence-corrected chi connectivity index (χ2v) is 8.98. The Labute approximate surface area is 158 Å². The van der Waals surface area contributed by atoms with E-state index in [1.165, 1.54) is 12.1 Å². The molecule has 0 atom stereocenters. The Morgan fingerprint density at radius 2 is 1.81 bits per heavy atom. The Bertz CT molecular complexity index is 1090. The third kappa shape index (κ3) is 4.67. The molecule has 1 amide bonds. The summed E-state index contributed by atoms with van der Waals surface area (Å²) in [7, 11) is -3.43. The molecular weight excluding hydrogens is 396 g/mol. The van der Waals surface area contributed by atoms with Gasteiger partial charge in [-0.15, -0.1) is 0 Å². The minimum atomic E-state index is -3.43. The summed E-state index contributed by atoms with van der Waals surface area (Å²) >= 11 is 0.307. The molecule has 27 heavy (non-hydrogen) atoms. The number of hydrogen-bond acceptors (Lipinski definition) is 5. The summed E-state index contributed by atoms with van der Waals surface area (Å²) in [4.78, 5) is 12.9. The van der Waals surface area contributed by atoms with Crippen molar-refractivity contribution in [2.75, 3.05) is 11.6 Å². The number of nitrogens with one attached hydrogen (secondary N) is 1. The standard InChI is InChI=1S/C18H15F2NO4S2/c1-27(23,24)10-12-11-6-2-4-8-14(11)25-16(12)17(22)21-13-7-3-5-9-15(13)26-18(19)20/h2-9,18H,10H2,1H3,(H,21,22). The highest BCUT2D eigenvalue weighted by atomic mass is 32.2. The van der Waals surface area contributed by atoms with Gasteiger partial charge in [0.15, 0.2) is 15.6 Å². The summed E-state index contributed by atoms with van der Waals surface area (Å²) in [6.07, 6.45) is 1.06. The maximum absolute atomic E-state index is 12.7. The molecule has 2 aromatic carbocycles. The molecule has 0 radical (unpaired) electrons. The van der Waals surface area contributed by atoms with Gasteiger partial charge in [-0.2, -0.15) is 8.78 Å². The van der Waals surface area contributed by atoms with Gasteiger partial charge in [0, 0.05) is 22.1 Å². The molecule has 0 aliphatic heterocycles. The molecule has 3 rings (SSSR count). The van der Waals surface area contributed by atoms with E-state index in [1.807, 2.05) is 0 Å². The van der Waals surface area contributed by atoms with Crippen molar-refractivity contribution >= 4 is 44.2 Å². The number of sulfone groups is 1. The minimum Gasteiger partial charge on any atom is -0.451 e. The number of amides is 1. The molecule has 1 N–H and O–H groups in total. The number of rotatable bonds is 6. The molecule has 0 spiro atoms. The number of fused-ring (bicyclic) bond motifs is 1. The normalized spacial score (nSPS) is 11.9. The summed E-state index contributed by atoms with van der Waals surface area (Å²) in [6.45, 7) is 0. The fourth-order valence-corrected chi connectivity index (χ4v) is 4.04. The summed E-state index contributed by atoms with van der Waals surface area (Å²) in [5.41, 5.74) is 0.805. The van der Waals surface area contributed by atoms with Crippen molar-refractivity contribution in [2.45, 2.75) is 16.4 Å². The van der Waals surface area contributed by atoms with Crippen LogP contribution in [0, 0.1) is 0 Å². The number of carbonyl (C=O) groups is 1. The largest absolute Gasteiger partial charge is 0.451 e. The quantitative estimate of drug-likeness (QED) is 0.603. The topological polar surface area (TPSA) is 76.4 Å². The third-order valence-electron chi connectivity index (χ3n) is 3.66. The van der Waals surface area contributed by atoms with Crippen LogP contribution in [-0.2, 0) is 15.6 Å². The van der Waals surface area contributed by atoms with Crippen LogP contribution in [0.2, 0.25) is 0 Å². The summed E-state index contributed by atoms with van der Waals surface area (Å²) in [6, 6.07) is 12.8. The molecule has 9 heteroatoms. The maximum atomic E-state index is 12.7. The zero-order valence-electron chi connectivity index (χ0n) is 14.1. The first-order chi connectivity index (χ1) is 12.7. The molecule has 0 aliphatic carbocycles. The summed E-state index contributed by atoms with van der Waals surface area (Å²) in [5, 5.41) is 3.05. The molecular formula is C18H15F2NO4S2. The Balaban J connectivity index is 2.01. The van der Waals surface area contributed by atoms with Crippen molar-refractivity contribution < 1.29 is 26.4 Å². The van der Waals surface area contributed by atoms with Gasteiger partial charge in [0.1, 0.15) is 5.58 Å². The van der Waals surface area contributed by atoms with Crippen molar-refractivity contribution in [1.29, 1.82) is 0 Å². The second kappa shape index (κ2) is 7.69. The first-order valence-electron chi connectivity index (χ1n) is 7.78. The van der Waals surface area contributed by atoms with Gasteiger partial charge in [-0.1, -0.05) is 42.1 Å². The predicted octanol–water partition coefficient (Wildman–Crippen LogP) is 4.54. The van der Waals surface area contributed by atoms with Crippen LogP contribution in [-0.4, -0.2) is 26.3 Å². The number of anilines is 1. The minimum absolute atomic E-state index is 0.154. The van der Waals surface area contributed by atoms with Crippen LogP contribution in [0.15, 0.2) is 57.8 Å². The predicted molar refractivity (Wildman–Crippen MR) is 101 cm³/mol. The SMILES string of the molecule is CS(=O)(=O)Cc1c(C(=O)Nc2ccccc2SC(F)F)oc2ccccc12. The van der Waals surface area contributed by atoms with Gasteiger partial charge in [0.2, 0.25) is 0 Å². The van der Waals surface area contributed by atoms with Crippen LogP contribution >= 0.6 is 11.8 Å². The number of alkyl halides is 2. The summed E-state index contributed by atoms with van der Waals surface area (Å²) < 4.78 is 54.6. The number of benzene rings is 2. The highest BCUT2D eigenvalue weighted by Crippen LogP contribution is 2.33. The Morgan fingerprint density at radius 1 is 1.15 bits per heavy atom. The smallest absolute Gasteiger partial charge is 0.291 e. The Morgan fingerprint density at radius 3 is 2.52 bits per heavy atom. The average molecular weight is 411 g/mol. The average Bonchev–Trinajstić information content (AvgIpc) is 2.93. The second-order valence-electron chi connectivity index (χ2n) is 5.80. The molecule has 0 bridgehead atoms. The zero-order chi connectivity index (χ0) is 19.6. The number of carbonyl (C=O) groups excluding carboxylic acids is 1. The van der Waals surface area contributed by atoms with Crippen molar-refractivity contribution in [3.05, 3.63) is 59.9 Å². The van der Waals surface area contributed by atoms with Crippen LogP contribution in [0.3, 0.4) is 0 Å². The molecule has 142 valence electrons. The highest BCUT2D eigenvalue weighted by Gasteiger charge is 2.24. The van der Waals surface area contributed by atoms with Crippen LogP contribution < -0.4 is 5.32 Å². The highest BCUT2D eigenvalue weighted by molar-refractivity contribution is 7.99. The van der Waals surface area contributed by atoms with E-state index in [9.17, 15) is 22.0 Å². The molecule has 5 nitrogen and oxygen atoms in total. The molecule has 1 aromatic heterocycles. The first kappa shape index (κ1) is 19.4. The van der Waals surface area contributed by atoms with E-state index in [0.29, 0.717) is 22.7 Å². The fraction of sp³-hybridized carbons (Fsp3) is 0.167. The Hall–Kier alpha value is -2.39. The lowest BCUT2D eigenvalue weighted by Gasteiger charge is -2.10. The molecule has 1 heterocycles. The molecule has 0 unspecified atom stereocenters. The van der Waals surface area contributed by atoms with Crippen LogP contribution in [0.5, 0.6) is 0 Å². The Kier molecular flexibility index (Phi) is 5.52. The van der Waals surface area contributed by atoms with Gasteiger partial charge in [0.05, 0.1) is 11.4 Å². The van der Waals surface area contributed by atoms with Gasteiger partial charge in [0.25, 0.3) is 11.7 Å². The van der Waals surface area contributed by atoms with E-state index in [0.717, 1.165) is 6.26 Å². The van der Waals surface area contributed by atoms with Gasteiger partial charge in [-0.3, -0.25) is 4.79 Å². The van der Waals surface area contributed by atoms with E-state index in [2.05, 4.69) is 5.32 Å². The molecule has 0 aliphatic rings.